The molecule has 2 nitrogen and oxygen atoms in total. The lowest BCUT2D eigenvalue weighted by Crippen LogP contribution is -2.05. The van der Waals surface area contributed by atoms with Crippen LogP contribution >= 0.6 is 11.6 Å². The SMILES string of the molecule is O=Nc1cccc(C(F)(F)F)c1Cl. The highest BCUT2D eigenvalue weighted by atomic mass is 35.5. The molecule has 0 aliphatic rings. The summed E-state index contributed by atoms with van der Waals surface area (Å²) in [6, 6.07) is 2.98. The van der Waals surface area contributed by atoms with Gasteiger partial charge >= 0.3 is 6.18 Å². The molecule has 0 aliphatic heterocycles. The Morgan fingerprint density at radius 1 is 1.31 bits per heavy atom. The van der Waals surface area contributed by atoms with Crippen LogP contribution in [0.4, 0.5) is 18.9 Å². The van der Waals surface area contributed by atoms with Gasteiger partial charge < -0.3 is 0 Å². The maximum absolute atomic E-state index is 12.1. The molecule has 0 radical (unpaired) electrons. The minimum absolute atomic E-state index is 0.406. The number of benzene rings is 1. The topological polar surface area (TPSA) is 29.4 Å². The Morgan fingerprint density at radius 2 is 1.92 bits per heavy atom. The molecule has 6 heteroatoms. The highest BCUT2D eigenvalue weighted by Gasteiger charge is 2.33. The molecule has 0 heterocycles. The van der Waals surface area contributed by atoms with Crippen LogP contribution in [0.2, 0.25) is 5.02 Å². The van der Waals surface area contributed by atoms with Crippen LogP contribution < -0.4 is 0 Å². The molecular weight excluding hydrogens is 207 g/mol. The molecule has 70 valence electrons. The maximum Gasteiger partial charge on any atom is 0.417 e. The largest absolute Gasteiger partial charge is 0.417 e. The van der Waals surface area contributed by atoms with Crippen molar-refractivity contribution >= 4 is 17.3 Å². The van der Waals surface area contributed by atoms with E-state index in [1.807, 2.05) is 0 Å². The van der Waals surface area contributed by atoms with E-state index in [4.69, 9.17) is 11.6 Å². The van der Waals surface area contributed by atoms with E-state index in [0.29, 0.717) is 0 Å². The van der Waals surface area contributed by atoms with Gasteiger partial charge in [-0.15, -0.1) is 4.91 Å². The van der Waals surface area contributed by atoms with Gasteiger partial charge in [-0.3, -0.25) is 0 Å². The van der Waals surface area contributed by atoms with Gasteiger partial charge in [-0.05, 0) is 17.3 Å². The zero-order valence-corrected chi connectivity index (χ0v) is 6.86. The summed E-state index contributed by atoms with van der Waals surface area (Å²) in [5.74, 6) is 0. The number of nitrogens with zero attached hydrogens (tertiary/aromatic N) is 1. The lowest BCUT2D eigenvalue weighted by Gasteiger charge is -2.08. The van der Waals surface area contributed by atoms with Gasteiger partial charge in [0.05, 0.1) is 10.6 Å². The molecule has 0 bridgehead atoms. The van der Waals surface area contributed by atoms with Crippen molar-refractivity contribution in [2.24, 2.45) is 5.18 Å². The summed E-state index contributed by atoms with van der Waals surface area (Å²) in [6.45, 7) is 0. The van der Waals surface area contributed by atoms with Crippen LogP contribution in [0.25, 0.3) is 0 Å². The molecule has 0 saturated carbocycles. The van der Waals surface area contributed by atoms with Crippen molar-refractivity contribution in [1.82, 2.24) is 0 Å². The Bertz CT molecular complexity index is 337. The van der Waals surface area contributed by atoms with E-state index in [1.54, 1.807) is 0 Å². The molecule has 0 spiro atoms. The normalized spacial score (nSPS) is 11.4. The smallest absolute Gasteiger partial charge is 0.166 e. The highest BCUT2D eigenvalue weighted by molar-refractivity contribution is 6.33. The van der Waals surface area contributed by atoms with Gasteiger partial charge in [0.2, 0.25) is 0 Å². The van der Waals surface area contributed by atoms with Crippen LogP contribution in [0.15, 0.2) is 23.4 Å². The first kappa shape index (κ1) is 9.98. The van der Waals surface area contributed by atoms with Crippen molar-refractivity contribution in [2.45, 2.75) is 6.18 Å². The first-order chi connectivity index (χ1) is 5.96. The summed E-state index contributed by atoms with van der Waals surface area (Å²) in [5.41, 5.74) is -1.46. The van der Waals surface area contributed by atoms with Crippen molar-refractivity contribution in [1.29, 1.82) is 0 Å². The Kier molecular flexibility index (Phi) is 2.56. The first-order valence-electron chi connectivity index (χ1n) is 3.16. The lowest BCUT2D eigenvalue weighted by atomic mass is 10.2. The zero-order valence-electron chi connectivity index (χ0n) is 6.10. The van der Waals surface area contributed by atoms with Crippen molar-refractivity contribution in [3.8, 4) is 0 Å². The minimum atomic E-state index is -4.56. The van der Waals surface area contributed by atoms with Crippen LogP contribution in [0, 0.1) is 4.91 Å². The predicted octanol–water partition coefficient (Wildman–Crippen LogP) is 3.76. The van der Waals surface area contributed by atoms with Crippen LogP contribution in [0.1, 0.15) is 5.56 Å². The Hall–Kier alpha value is -1.10. The summed E-state index contributed by atoms with van der Waals surface area (Å²) in [7, 11) is 0. The summed E-state index contributed by atoms with van der Waals surface area (Å²) < 4.78 is 36.4. The maximum atomic E-state index is 12.1. The third-order valence-corrected chi connectivity index (χ3v) is 1.78. The van der Waals surface area contributed by atoms with Gasteiger partial charge in [0.1, 0.15) is 5.69 Å². The zero-order chi connectivity index (χ0) is 10.1. The number of hydrogen-bond acceptors (Lipinski definition) is 2. The van der Waals surface area contributed by atoms with Gasteiger partial charge in [0, 0.05) is 0 Å². The van der Waals surface area contributed by atoms with Crippen molar-refractivity contribution in [3.05, 3.63) is 33.7 Å². The first-order valence-corrected chi connectivity index (χ1v) is 3.53. The molecule has 0 atom stereocenters. The number of halogens is 4. The predicted molar refractivity (Wildman–Crippen MR) is 41.9 cm³/mol. The Balaban J connectivity index is 3.32. The molecule has 0 unspecified atom stereocenters. The summed E-state index contributed by atoms with van der Waals surface area (Å²) in [6.07, 6.45) is -4.56. The molecule has 0 aromatic heterocycles. The standard InChI is InChI=1S/C7H3ClF3NO/c8-6-4(7(9,10)11)2-1-3-5(6)12-13/h1-3H. The highest BCUT2D eigenvalue weighted by Crippen LogP contribution is 2.38. The van der Waals surface area contributed by atoms with Crippen molar-refractivity contribution in [2.75, 3.05) is 0 Å². The molecule has 1 aromatic carbocycles. The number of nitroso groups, excluding NO2 is 1. The number of hydrogen-bond donors (Lipinski definition) is 0. The molecule has 0 N–H and O–H groups in total. The Morgan fingerprint density at radius 3 is 2.38 bits per heavy atom. The van der Waals surface area contributed by atoms with E-state index in [-0.39, 0.29) is 0 Å². The molecule has 0 fully saturated rings. The summed E-state index contributed by atoms with van der Waals surface area (Å²) in [5, 5.41) is 1.70. The van der Waals surface area contributed by atoms with Crippen LogP contribution in [0.5, 0.6) is 0 Å². The third-order valence-electron chi connectivity index (χ3n) is 1.38. The van der Waals surface area contributed by atoms with Crippen LogP contribution in [-0.2, 0) is 6.18 Å². The molecular formula is C7H3ClF3NO. The Labute approximate surface area is 76.3 Å². The minimum Gasteiger partial charge on any atom is -0.166 e. The average Bonchev–Trinajstić information content (AvgIpc) is 2.02. The molecule has 0 amide bonds. The summed E-state index contributed by atoms with van der Waals surface area (Å²) >= 11 is 5.28. The van der Waals surface area contributed by atoms with E-state index in [0.717, 1.165) is 18.2 Å². The molecule has 1 rings (SSSR count). The molecule has 0 aliphatic carbocycles. The van der Waals surface area contributed by atoms with Gasteiger partial charge in [-0.1, -0.05) is 17.7 Å². The van der Waals surface area contributed by atoms with E-state index >= 15 is 0 Å². The quantitative estimate of drug-likeness (QED) is 0.648. The second-order valence-electron chi connectivity index (χ2n) is 2.23. The second-order valence-corrected chi connectivity index (χ2v) is 2.61. The molecule has 1 aromatic rings. The van der Waals surface area contributed by atoms with Gasteiger partial charge in [0.25, 0.3) is 0 Å². The fourth-order valence-electron chi connectivity index (χ4n) is 0.809. The van der Waals surface area contributed by atoms with Crippen LogP contribution in [0.3, 0.4) is 0 Å². The monoisotopic (exact) mass is 209 g/mol. The van der Waals surface area contributed by atoms with E-state index in [1.165, 1.54) is 0 Å². The van der Waals surface area contributed by atoms with Crippen molar-refractivity contribution < 1.29 is 13.2 Å². The average molecular weight is 210 g/mol. The van der Waals surface area contributed by atoms with E-state index in [2.05, 4.69) is 5.18 Å². The van der Waals surface area contributed by atoms with E-state index < -0.39 is 22.4 Å². The number of rotatable bonds is 1. The van der Waals surface area contributed by atoms with Crippen molar-refractivity contribution in [3.63, 3.8) is 0 Å². The number of alkyl halides is 3. The van der Waals surface area contributed by atoms with Gasteiger partial charge in [-0.25, -0.2) is 0 Å². The third kappa shape index (κ3) is 1.98. The summed E-state index contributed by atoms with van der Waals surface area (Å²) in [4.78, 5) is 10.0. The fourth-order valence-corrected chi connectivity index (χ4v) is 1.08. The van der Waals surface area contributed by atoms with Gasteiger partial charge in [0.15, 0.2) is 0 Å². The van der Waals surface area contributed by atoms with Crippen LogP contribution in [-0.4, -0.2) is 0 Å². The van der Waals surface area contributed by atoms with Gasteiger partial charge in [-0.2, -0.15) is 13.2 Å². The lowest BCUT2D eigenvalue weighted by molar-refractivity contribution is -0.137. The molecule has 13 heavy (non-hydrogen) atoms. The second kappa shape index (κ2) is 3.33. The fraction of sp³-hybridized carbons (Fsp3) is 0.143. The van der Waals surface area contributed by atoms with E-state index in [9.17, 15) is 18.1 Å². The molecule has 0 saturated heterocycles.